The van der Waals surface area contributed by atoms with Gasteiger partial charge in [0, 0.05) is 38.3 Å². The first-order valence-corrected chi connectivity index (χ1v) is 19.1. The molecule has 3 aromatic rings. The highest BCUT2D eigenvalue weighted by molar-refractivity contribution is 7.92. The van der Waals surface area contributed by atoms with E-state index in [2.05, 4.69) is 4.72 Å². The van der Waals surface area contributed by atoms with Crippen LogP contribution >= 0.6 is 0 Å². The number of likely N-dealkylation sites (N-methyl/N-ethyl adjacent to an activating group) is 1. The number of sulfonamides is 2. The van der Waals surface area contributed by atoms with Crippen LogP contribution in [0.25, 0.3) is 0 Å². The van der Waals surface area contributed by atoms with Gasteiger partial charge < -0.3 is 19.5 Å². The molecule has 13 heteroatoms. The van der Waals surface area contributed by atoms with Crippen LogP contribution < -0.4 is 9.46 Å². The van der Waals surface area contributed by atoms with Gasteiger partial charge in [0.15, 0.2) is 0 Å². The van der Waals surface area contributed by atoms with E-state index in [-0.39, 0.29) is 52.8 Å². The van der Waals surface area contributed by atoms with E-state index in [1.165, 1.54) is 34.5 Å². The summed E-state index contributed by atoms with van der Waals surface area (Å²) < 4.78 is 69.5. The van der Waals surface area contributed by atoms with Crippen LogP contribution in [0.3, 0.4) is 0 Å². The highest BCUT2D eigenvalue weighted by Crippen LogP contribution is 2.30. The third kappa shape index (κ3) is 9.35. The maximum atomic E-state index is 14.4. The number of aryl methyl sites for hydroxylation is 1. The largest absolute Gasteiger partial charge is 0.490 e. The van der Waals surface area contributed by atoms with Crippen LogP contribution in [0.5, 0.6) is 5.75 Å². The lowest BCUT2D eigenvalue weighted by molar-refractivity contribution is -0.00833. The Hall–Kier alpha value is -3.49. The van der Waals surface area contributed by atoms with Crippen LogP contribution in [0.2, 0.25) is 0 Å². The summed E-state index contributed by atoms with van der Waals surface area (Å²) in [5, 5.41) is 10.2. The number of benzene rings is 3. The van der Waals surface area contributed by atoms with E-state index in [0.717, 1.165) is 12.0 Å². The molecule has 1 aliphatic rings. The molecule has 1 amide bonds. The summed E-state index contributed by atoms with van der Waals surface area (Å²) in [6.07, 6.45) is 1.31. The van der Waals surface area contributed by atoms with Gasteiger partial charge in [0.25, 0.3) is 15.9 Å². The number of aliphatic hydroxyl groups excluding tert-OH is 1. The Labute approximate surface area is 285 Å². The van der Waals surface area contributed by atoms with E-state index in [9.17, 15) is 26.7 Å². The van der Waals surface area contributed by atoms with Crippen LogP contribution in [0, 0.1) is 12.8 Å². The molecule has 0 saturated carbocycles. The fourth-order valence-corrected chi connectivity index (χ4v) is 7.76. The Morgan fingerprint density at radius 1 is 0.979 bits per heavy atom. The molecule has 2 N–H and O–H groups in total. The van der Waals surface area contributed by atoms with Crippen LogP contribution in [0.1, 0.15) is 56.0 Å². The van der Waals surface area contributed by atoms with Crippen molar-refractivity contribution in [3.8, 4) is 5.75 Å². The van der Waals surface area contributed by atoms with Gasteiger partial charge in [-0.15, -0.1) is 0 Å². The van der Waals surface area contributed by atoms with Crippen molar-refractivity contribution in [2.75, 3.05) is 38.1 Å². The van der Waals surface area contributed by atoms with E-state index in [1.54, 1.807) is 61.5 Å². The quantitative estimate of drug-likeness (QED) is 0.321. The molecule has 48 heavy (non-hydrogen) atoms. The summed E-state index contributed by atoms with van der Waals surface area (Å²) in [5.74, 6) is -0.529. The predicted molar refractivity (Wildman–Crippen MR) is 185 cm³/mol. The van der Waals surface area contributed by atoms with Gasteiger partial charge in [-0.05, 0) is 82.5 Å². The van der Waals surface area contributed by atoms with Gasteiger partial charge >= 0.3 is 0 Å². The summed E-state index contributed by atoms with van der Waals surface area (Å²) in [6.45, 7) is 7.62. The predicted octanol–water partition coefficient (Wildman–Crippen LogP) is 4.91. The molecular formula is C35H47N3O8S2. The van der Waals surface area contributed by atoms with Crippen LogP contribution in [0.15, 0.2) is 82.6 Å². The normalized spacial score (nSPS) is 20.8. The molecule has 0 fully saturated rings. The van der Waals surface area contributed by atoms with E-state index >= 15 is 0 Å². The average Bonchev–Trinajstić information content (AvgIpc) is 3.06. The minimum absolute atomic E-state index is 0.0500. The molecule has 0 aliphatic carbocycles. The Bertz CT molecular complexity index is 1740. The van der Waals surface area contributed by atoms with Crippen molar-refractivity contribution in [1.82, 2.24) is 9.21 Å². The fourth-order valence-electron chi connectivity index (χ4n) is 5.50. The molecule has 0 saturated heterocycles. The lowest BCUT2D eigenvalue weighted by atomic mass is 10.0. The summed E-state index contributed by atoms with van der Waals surface area (Å²) in [4.78, 5) is 16.1. The van der Waals surface area contributed by atoms with Crippen molar-refractivity contribution < 1.29 is 36.2 Å². The first kappa shape index (κ1) is 37.3. The van der Waals surface area contributed by atoms with Gasteiger partial charge in [-0.25, -0.2) is 16.8 Å². The van der Waals surface area contributed by atoms with Crippen molar-refractivity contribution in [1.29, 1.82) is 0 Å². The number of amides is 1. The lowest BCUT2D eigenvalue weighted by Gasteiger charge is -2.35. The van der Waals surface area contributed by atoms with E-state index in [0.29, 0.717) is 25.2 Å². The zero-order valence-corrected chi connectivity index (χ0v) is 29.8. The van der Waals surface area contributed by atoms with E-state index in [4.69, 9.17) is 9.47 Å². The van der Waals surface area contributed by atoms with Crippen molar-refractivity contribution in [3.05, 3.63) is 83.9 Å². The maximum Gasteiger partial charge on any atom is 0.261 e. The van der Waals surface area contributed by atoms with Gasteiger partial charge in [-0.2, -0.15) is 4.31 Å². The lowest BCUT2D eigenvalue weighted by Crippen LogP contribution is -2.48. The second-order valence-electron chi connectivity index (χ2n) is 12.5. The van der Waals surface area contributed by atoms with Crippen molar-refractivity contribution in [2.45, 2.75) is 75.0 Å². The van der Waals surface area contributed by atoms with Gasteiger partial charge in [-0.3, -0.25) is 9.52 Å². The SMILES string of the molecule is Cc1ccc(S(=O)(=O)N(C)C[C@H]2OCCCC[C@@H](C)Oc3ccc(NS(=O)(=O)c4ccccc4)cc3C(=O)N([C@H](C)CO)C[C@@H]2C)cc1. The second kappa shape index (κ2) is 16.3. The number of nitrogens with zero attached hydrogens (tertiary/aromatic N) is 2. The minimum Gasteiger partial charge on any atom is -0.490 e. The molecule has 3 aromatic carbocycles. The zero-order valence-electron chi connectivity index (χ0n) is 28.2. The number of hydrogen-bond acceptors (Lipinski definition) is 8. The average molecular weight is 702 g/mol. The van der Waals surface area contributed by atoms with Gasteiger partial charge in [-0.1, -0.05) is 42.8 Å². The van der Waals surface area contributed by atoms with Crippen LogP contribution in [-0.4, -0.2) is 88.7 Å². The highest BCUT2D eigenvalue weighted by Gasteiger charge is 2.32. The molecule has 0 bridgehead atoms. The molecule has 1 aliphatic heterocycles. The smallest absolute Gasteiger partial charge is 0.261 e. The summed E-state index contributed by atoms with van der Waals surface area (Å²) in [5.41, 5.74) is 1.26. The standard InChI is InChI=1S/C35H47N3O8S2/c1-25-14-17-31(18-15-25)48(43,44)37(5)23-34-26(2)22-38(27(3)24-39)35(40)32-21-29(36-47(41,42)30-12-7-6-8-13-30)16-19-33(32)46-28(4)11-9-10-20-45-34/h6-8,12-19,21,26-28,34,36,39H,9-11,20,22-24H2,1-5H3/t26-,27+,28+,34+/m0/s1. The minimum atomic E-state index is -3.94. The number of aliphatic hydroxyl groups is 1. The van der Waals surface area contributed by atoms with Crippen molar-refractivity contribution in [3.63, 3.8) is 0 Å². The Kier molecular flexibility index (Phi) is 12.7. The summed E-state index contributed by atoms with van der Waals surface area (Å²) in [7, 11) is -6.23. The number of carbonyl (C=O) groups excluding carboxylic acids is 1. The molecule has 0 unspecified atom stereocenters. The summed E-state index contributed by atoms with van der Waals surface area (Å²) >= 11 is 0. The molecule has 0 aromatic heterocycles. The van der Waals surface area contributed by atoms with Crippen LogP contribution in [-0.2, 0) is 24.8 Å². The van der Waals surface area contributed by atoms with E-state index < -0.39 is 38.1 Å². The maximum absolute atomic E-state index is 14.4. The molecule has 262 valence electrons. The first-order chi connectivity index (χ1) is 22.7. The number of ether oxygens (including phenoxy) is 2. The molecule has 1 heterocycles. The van der Waals surface area contributed by atoms with Gasteiger partial charge in [0.05, 0.1) is 40.2 Å². The highest BCUT2D eigenvalue weighted by atomic mass is 32.2. The molecule has 11 nitrogen and oxygen atoms in total. The Morgan fingerprint density at radius 3 is 2.33 bits per heavy atom. The molecule has 0 spiro atoms. The zero-order chi connectivity index (χ0) is 35.1. The Balaban J connectivity index is 1.67. The van der Waals surface area contributed by atoms with Gasteiger partial charge in [0.1, 0.15) is 5.75 Å². The molecule has 4 rings (SSSR count). The van der Waals surface area contributed by atoms with Crippen LogP contribution in [0.4, 0.5) is 5.69 Å². The Morgan fingerprint density at radius 2 is 1.67 bits per heavy atom. The molecular weight excluding hydrogens is 655 g/mol. The third-order valence-electron chi connectivity index (χ3n) is 8.52. The fraction of sp³-hybridized carbons (Fsp3) is 0.457. The third-order valence-corrected chi connectivity index (χ3v) is 11.8. The number of carbonyl (C=O) groups is 1. The number of nitrogens with one attached hydrogen (secondary N) is 1. The van der Waals surface area contributed by atoms with E-state index in [1.807, 2.05) is 20.8 Å². The summed E-state index contributed by atoms with van der Waals surface area (Å²) in [6, 6.07) is 18.6. The molecule has 4 atom stereocenters. The number of fused-ring (bicyclic) bond motifs is 1. The monoisotopic (exact) mass is 701 g/mol. The number of rotatable bonds is 9. The topological polar surface area (TPSA) is 143 Å². The number of hydrogen-bond donors (Lipinski definition) is 2. The molecule has 0 radical (unpaired) electrons. The van der Waals surface area contributed by atoms with Crippen molar-refractivity contribution in [2.24, 2.45) is 5.92 Å². The first-order valence-electron chi connectivity index (χ1n) is 16.2. The van der Waals surface area contributed by atoms with Crippen molar-refractivity contribution >= 4 is 31.6 Å². The number of anilines is 1. The van der Waals surface area contributed by atoms with Gasteiger partial charge in [0.2, 0.25) is 10.0 Å². The second-order valence-corrected chi connectivity index (χ2v) is 16.3.